The molecule has 1 unspecified atom stereocenters. The number of ether oxygens (including phenoxy) is 2. The minimum atomic E-state index is -0.573. The van der Waals surface area contributed by atoms with Gasteiger partial charge >= 0.3 is 12.0 Å². The van der Waals surface area contributed by atoms with Crippen molar-refractivity contribution in [1.29, 1.82) is 0 Å². The van der Waals surface area contributed by atoms with Crippen molar-refractivity contribution in [2.45, 2.75) is 33.2 Å². The van der Waals surface area contributed by atoms with Crippen LogP contribution < -0.4 is 15.4 Å². The molecule has 0 radical (unpaired) electrons. The molecule has 0 aromatic heterocycles. The zero-order valence-electron chi connectivity index (χ0n) is 16.2. The van der Waals surface area contributed by atoms with Gasteiger partial charge in [-0.05, 0) is 50.1 Å². The largest absolute Gasteiger partial charge is 0.463 e. The SMILES string of the molecule is CCOC(=O)C1=C(CC)NC(=O)NC1c1ccc(Oc2ccc(C)cc2)cc1. The molecule has 2 amide bonds. The number of amides is 2. The Kier molecular flexibility index (Phi) is 5.99. The maximum Gasteiger partial charge on any atom is 0.338 e. The van der Waals surface area contributed by atoms with Gasteiger partial charge in [-0.25, -0.2) is 9.59 Å². The average Bonchev–Trinajstić information content (AvgIpc) is 2.69. The summed E-state index contributed by atoms with van der Waals surface area (Å²) in [6.07, 6.45) is 0.521. The van der Waals surface area contributed by atoms with Crippen LogP contribution in [0.5, 0.6) is 11.5 Å². The molecule has 0 spiro atoms. The standard InChI is InChI=1S/C22H24N2O4/c1-4-18-19(21(25)27-5-2)20(24-22(26)23-18)15-8-12-17(13-9-15)28-16-10-6-14(3)7-11-16/h6-13,20H,4-5H2,1-3H3,(H2,23,24,26). The van der Waals surface area contributed by atoms with E-state index < -0.39 is 12.0 Å². The van der Waals surface area contributed by atoms with Crippen molar-refractivity contribution < 1.29 is 19.1 Å². The van der Waals surface area contributed by atoms with Crippen molar-refractivity contribution in [3.8, 4) is 11.5 Å². The summed E-state index contributed by atoms with van der Waals surface area (Å²) in [5.74, 6) is 0.982. The Labute approximate surface area is 164 Å². The van der Waals surface area contributed by atoms with Gasteiger partial charge in [0.2, 0.25) is 0 Å². The molecule has 0 saturated carbocycles. The summed E-state index contributed by atoms with van der Waals surface area (Å²) in [4.78, 5) is 24.5. The minimum Gasteiger partial charge on any atom is -0.463 e. The molecule has 2 N–H and O–H groups in total. The summed E-state index contributed by atoms with van der Waals surface area (Å²) < 4.78 is 11.0. The summed E-state index contributed by atoms with van der Waals surface area (Å²) >= 11 is 0. The number of carbonyl (C=O) groups is 2. The van der Waals surface area contributed by atoms with Crippen molar-refractivity contribution in [3.05, 3.63) is 70.9 Å². The molecule has 2 aromatic carbocycles. The molecule has 0 fully saturated rings. The second-order valence-corrected chi connectivity index (χ2v) is 6.48. The third-order valence-electron chi connectivity index (χ3n) is 4.47. The third kappa shape index (κ3) is 4.34. The molecule has 1 atom stereocenters. The number of esters is 1. The van der Waals surface area contributed by atoms with Gasteiger partial charge in [-0.2, -0.15) is 0 Å². The van der Waals surface area contributed by atoms with Crippen LogP contribution in [-0.4, -0.2) is 18.6 Å². The van der Waals surface area contributed by atoms with Crippen LogP contribution in [0.3, 0.4) is 0 Å². The second kappa shape index (κ2) is 8.61. The van der Waals surface area contributed by atoms with Crippen molar-refractivity contribution in [3.63, 3.8) is 0 Å². The first kappa shape index (κ1) is 19.5. The number of rotatable bonds is 6. The molecular formula is C22H24N2O4. The van der Waals surface area contributed by atoms with Crippen molar-refractivity contribution >= 4 is 12.0 Å². The number of hydrogen-bond donors (Lipinski definition) is 2. The first-order valence-corrected chi connectivity index (χ1v) is 9.34. The van der Waals surface area contributed by atoms with Gasteiger partial charge in [0.15, 0.2) is 0 Å². The second-order valence-electron chi connectivity index (χ2n) is 6.48. The molecule has 1 aliphatic heterocycles. The quantitative estimate of drug-likeness (QED) is 0.730. The Hall–Kier alpha value is -3.28. The lowest BCUT2D eigenvalue weighted by Gasteiger charge is -2.29. The lowest BCUT2D eigenvalue weighted by atomic mass is 9.94. The number of allylic oxidation sites excluding steroid dienone is 1. The lowest BCUT2D eigenvalue weighted by molar-refractivity contribution is -0.139. The fraction of sp³-hybridized carbons (Fsp3) is 0.273. The van der Waals surface area contributed by atoms with E-state index >= 15 is 0 Å². The van der Waals surface area contributed by atoms with E-state index in [9.17, 15) is 9.59 Å². The van der Waals surface area contributed by atoms with Crippen molar-refractivity contribution in [2.24, 2.45) is 0 Å². The number of aryl methyl sites for hydroxylation is 1. The van der Waals surface area contributed by atoms with Gasteiger partial charge < -0.3 is 20.1 Å². The van der Waals surface area contributed by atoms with Crippen LogP contribution in [0.1, 0.15) is 37.4 Å². The van der Waals surface area contributed by atoms with Crippen LogP contribution >= 0.6 is 0 Å². The van der Waals surface area contributed by atoms with E-state index in [0.29, 0.717) is 23.4 Å². The Morgan fingerprint density at radius 2 is 1.61 bits per heavy atom. The summed E-state index contributed by atoms with van der Waals surface area (Å²) in [6, 6.07) is 14.2. The van der Waals surface area contributed by atoms with Crippen LogP contribution in [0.2, 0.25) is 0 Å². The van der Waals surface area contributed by atoms with Gasteiger partial charge in [0.1, 0.15) is 11.5 Å². The molecule has 0 aliphatic carbocycles. The summed E-state index contributed by atoms with van der Waals surface area (Å²) in [5.41, 5.74) is 2.94. The Bertz CT molecular complexity index is 886. The number of urea groups is 1. The summed E-state index contributed by atoms with van der Waals surface area (Å²) in [6.45, 7) is 5.93. The maximum atomic E-state index is 12.5. The molecule has 0 saturated heterocycles. The molecule has 6 nitrogen and oxygen atoms in total. The van der Waals surface area contributed by atoms with Crippen LogP contribution in [0, 0.1) is 6.92 Å². The first-order valence-electron chi connectivity index (χ1n) is 9.34. The lowest BCUT2D eigenvalue weighted by Crippen LogP contribution is -2.45. The summed E-state index contributed by atoms with van der Waals surface area (Å²) in [5, 5.41) is 5.52. The molecule has 1 aliphatic rings. The maximum absolute atomic E-state index is 12.5. The number of benzene rings is 2. The zero-order chi connectivity index (χ0) is 20.1. The predicted octanol–water partition coefficient (Wildman–Crippen LogP) is 4.37. The minimum absolute atomic E-state index is 0.267. The fourth-order valence-corrected chi connectivity index (χ4v) is 3.07. The fourth-order valence-electron chi connectivity index (χ4n) is 3.07. The van der Waals surface area contributed by atoms with E-state index in [1.165, 1.54) is 0 Å². The van der Waals surface area contributed by atoms with E-state index in [-0.39, 0.29) is 12.6 Å². The van der Waals surface area contributed by atoms with E-state index in [2.05, 4.69) is 10.6 Å². The predicted molar refractivity (Wildman–Crippen MR) is 106 cm³/mol. The van der Waals surface area contributed by atoms with Crippen molar-refractivity contribution in [2.75, 3.05) is 6.61 Å². The van der Waals surface area contributed by atoms with Crippen LogP contribution in [0.4, 0.5) is 4.79 Å². The van der Waals surface area contributed by atoms with E-state index in [1.807, 2.05) is 62.4 Å². The Balaban J connectivity index is 1.86. The smallest absolute Gasteiger partial charge is 0.338 e. The Morgan fingerprint density at radius 3 is 2.18 bits per heavy atom. The van der Waals surface area contributed by atoms with Crippen LogP contribution in [0.25, 0.3) is 0 Å². The molecule has 3 rings (SSSR count). The highest BCUT2D eigenvalue weighted by atomic mass is 16.5. The summed E-state index contributed by atoms with van der Waals surface area (Å²) in [7, 11) is 0. The number of carbonyl (C=O) groups excluding carboxylic acids is 2. The number of hydrogen-bond acceptors (Lipinski definition) is 4. The van der Waals surface area contributed by atoms with E-state index in [0.717, 1.165) is 16.9 Å². The average molecular weight is 380 g/mol. The highest BCUT2D eigenvalue weighted by Gasteiger charge is 2.32. The molecule has 1 heterocycles. The molecular weight excluding hydrogens is 356 g/mol. The van der Waals surface area contributed by atoms with Crippen molar-refractivity contribution in [1.82, 2.24) is 10.6 Å². The zero-order valence-corrected chi connectivity index (χ0v) is 16.2. The molecule has 0 bridgehead atoms. The van der Waals surface area contributed by atoms with Gasteiger partial charge in [-0.3, -0.25) is 0 Å². The first-order chi connectivity index (χ1) is 13.5. The number of nitrogens with one attached hydrogen (secondary N) is 2. The Morgan fingerprint density at radius 1 is 1.00 bits per heavy atom. The molecule has 2 aromatic rings. The van der Waals surface area contributed by atoms with E-state index in [4.69, 9.17) is 9.47 Å². The highest BCUT2D eigenvalue weighted by Crippen LogP contribution is 2.31. The molecule has 146 valence electrons. The van der Waals surface area contributed by atoms with Gasteiger partial charge in [0.05, 0.1) is 18.2 Å². The van der Waals surface area contributed by atoms with Gasteiger partial charge in [0.25, 0.3) is 0 Å². The van der Waals surface area contributed by atoms with Gasteiger partial charge in [-0.15, -0.1) is 0 Å². The van der Waals surface area contributed by atoms with Crippen LogP contribution in [0.15, 0.2) is 59.8 Å². The third-order valence-corrected chi connectivity index (χ3v) is 4.47. The normalized spacial score (nSPS) is 16.2. The molecule has 6 heteroatoms. The van der Waals surface area contributed by atoms with Gasteiger partial charge in [-0.1, -0.05) is 36.8 Å². The topological polar surface area (TPSA) is 76.7 Å². The highest BCUT2D eigenvalue weighted by molar-refractivity contribution is 5.95. The van der Waals surface area contributed by atoms with Crippen LogP contribution in [-0.2, 0) is 9.53 Å². The monoisotopic (exact) mass is 380 g/mol. The van der Waals surface area contributed by atoms with E-state index in [1.54, 1.807) is 6.92 Å². The van der Waals surface area contributed by atoms with Gasteiger partial charge in [0, 0.05) is 5.70 Å². The molecule has 28 heavy (non-hydrogen) atoms.